The van der Waals surface area contributed by atoms with Crippen molar-refractivity contribution in [2.24, 2.45) is 0 Å². The summed E-state index contributed by atoms with van der Waals surface area (Å²) >= 11 is 7.13. The average molecular weight is 349 g/mol. The highest BCUT2D eigenvalue weighted by atomic mass is 79.9. The fourth-order valence-electron chi connectivity index (χ4n) is 1.76. The van der Waals surface area contributed by atoms with Crippen molar-refractivity contribution in [1.82, 2.24) is 5.32 Å². The zero-order valence-electron chi connectivity index (χ0n) is 9.89. The predicted molar refractivity (Wildman–Crippen MR) is 77.8 cm³/mol. The minimum atomic E-state index is 0.465. The minimum Gasteiger partial charge on any atom is -0.310 e. The fourth-order valence-corrected chi connectivity index (χ4v) is 3.08. The normalized spacial score (nSPS) is 12.8. The van der Waals surface area contributed by atoms with Crippen molar-refractivity contribution >= 4 is 31.9 Å². The number of hydrogen-bond acceptors (Lipinski definition) is 1. The van der Waals surface area contributed by atoms with Gasteiger partial charge in [-0.1, -0.05) is 58.2 Å². The molecule has 0 heterocycles. The number of rotatable bonds is 6. The first-order valence-electron chi connectivity index (χ1n) is 5.87. The van der Waals surface area contributed by atoms with Gasteiger partial charge in [0.2, 0.25) is 0 Å². The van der Waals surface area contributed by atoms with E-state index in [4.69, 9.17) is 0 Å². The van der Waals surface area contributed by atoms with E-state index in [1.54, 1.807) is 0 Å². The Hall–Kier alpha value is 0.140. The van der Waals surface area contributed by atoms with Crippen molar-refractivity contribution < 1.29 is 0 Å². The van der Waals surface area contributed by atoms with Crippen LogP contribution in [0.5, 0.6) is 0 Å². The van der Waals surface area contributed by atoms with Crippen molar-refractivity contribution in [3.63, 3.8) is 0 Å². The second-order valence-corrected chi connectivity index (χ2v) is 5.73. The van der Waals surface area contributed by atoms with Crippen LogP contribution in [0.3, 0.4) is 0 Å². The molecule has 0 amide bonds. The van der Waals surface area contributed by atoms with Crippen LogP contribution in [0.4, 0.5) is 0 Å². The van der Waals surface area contributed by atoms with Gasteiger partial charge in [0.15, 0.2) is 0 Å². The van der Waals surface area contributed by atoms with Crippen LogP contribution in [-0.4, -0.2) is 6.54 Å². The highest BCUT2D eigenvalue weighted by Crippen LogP contribution is 2.29. The Bertz CT molecular complexity index is 326. The van der Waals surface area contributed by atoms with Crippen LogP contribution in [0, 0.1) is 0 Å². The topological polar surface area (TPSA) is 12.0 Å². The second kappa shape index (κ2) is 7.46. The zero-order chi connectivity index (χ0) is 12.0. The lowest BCUT2D eigenvalue weighted by Gasteiger charge is -2.19. The second-order valence-electron chi connectivity index (χ2n) is 3.96. The molecule has 1 unspecified atom stereocenters. The molecule has 0 aromatic heterocycles. The van der Waals surface area contributed by atoms with Crippen LogP contribution in [0.15, 0.2) is 27.1 Å². The number of benzene rings is 1. The lowest BCUT2D eigenvalue weighted by Crippen LogP contribution is -2.22. The minimum absolute atomic E-state index is 0.465. The summed E-state index contributed by atoms with van der Waals surface area (Å²) in [6.45, 7) is 5.51. The summed E-state index contributed by atoms with van der Waals surface area (Å²) in [5.41, 5.74) is 1.36. The Morgan fingerprint density at radius 1 is 1.19 bits per heavy atom. The van der Waals surface area contributed by atoms with Gasteiger partial charge in [-0.05, 0) is 37.1 Å². The molecule has 1 N–H and O–H groups in total. The number of halogens is 2. The van der Waals surface area contributed by atoms with E-state index in [0.717, 1.165) is 11.0 Å². The molecule has 0 bridgehead atoms. The summed E-state index contributed by atoms with van der Waals surface area (Å²) in [5, 5.41) is 3.60. The fraction of sp³-hybridized carbons (Fsp3) is 0.538. The lowest BCUT2D eigenvalue weighted by molar-refractivity contribution is 0.492. The summed E-state index contributed by atoms with van der Waals surface area (Å²) in [5.74, 6) is 0. The van der Waals surface area contributed by atoms with Crippen molar-refractivity contribution in [2.45, 2.75) is 39.2 Å². The molecule has 0 saturated carbocycles. The van der Waals surface area contributed by atoms with Crippen LogP contribution in [-0.2, 0) is 0 Å². The monoisotopic (exact) mass is 347 g/mol. The van der Waals surface area contributed by atoms with Crippen LogP contribution >= 0.6 is 31.9 Å². The van der Waals surface area contributed by atoms with Crippen molar-refractivity contribution in [3.8, 4) is 0 Å². The summed E-state index contributed by atoms with van der Waals surface area (Å²) in [4.78, 5) is 0. The molecule has 0 aliphatic rings. The molecule has 1 atom stereocenters. The Balaban J connectivity index is 2.82. The molecule has 3 heteroatoms. The summed E-state index contributed by atoms with van der Waals surface area (Å²) < 4.78 is 2.30. The van der Waals surface area contributed by atoms with Gasteiger partial charge >= 0.3 is 0 Å². The van der Waals surface area contributed by atoms with E-state index in [2.05, 4.69) is 69.2 Å². The molecule has 0 spiro atoms. The molecular formula is C13H19Br2N. The van der Waals surface area contributed by atoms with Gasteiger partial charge in [-0.3, -0.25) is 0 Å². The van der Waals surface area contributed by atoms with E-state index in [0.29, 0.717) is 6.04 Å². The van der Waals surface area contributed by atoms with Crippen LogP contribution in [0.2, 0.25) is 0 Å². The number of hydrogen-bond donors (Lipinski definition) is 1. The lowest BCUT2D eigenvalue weighted by atomic mass is 10.0. The van der Waals surface area contributed by atoms with Crippen molar-refractivity contribution in [3.05, 3.63) is 32.7 Å². The van der Waals surface area contributed by atoms with Gasteiger partial charge in [0.1, 0.15) is 0 Å². The molecule has 0 aliphatic heterocycles. The van der Waals surface area contributed by atoms with Crippen LogP contribution in [0.25, 0.3) is 0 Å². The molecule has 1 aromatic carbocycles. The molecule has 0 saturated heterocycles. The molecule has 1 nitrogen and oxygen atoms in total. The van der Waals surface area contributed by atoms with Gasteiger partial charge in [0.05, 0.1) is 0 Å². The zero-order valence-corrected chi connectivity index (χ0v) is 13.1. The average Bonchev–Trinajstić information content (AvgIpc) is 2.25. The first-order chi connectivity index (χ1) is 7.69. The maximum absolute atomic E-state index is 3.64. The van der Waals surface area contributed by atoms with Gasteiger partial charge in [-0.15, -0.1) is 0 Å². The van der Waals surface area contributed by atoms with E-state index < -0.39 is 0 Å². The Morgan fingerprint density at radius 2 is 1.94 bits per heavy atom. The van der Waals surface area contributed by atoms with Gasteiger partial charge in [0, 0.05) is 15.0 Å². The molecule has 16 heavy (non-hydrogen) atoms. The maximum atomic E-state index is 3.64. The molecule has 0 aliphatic carbocycles. The van der Waals surface area contributed by atoms with Gasteiger partial charge in [0.25, 0.3) is 0 Å². The van der Waals surface area contributed by atoms with E-state index in [1.165, 1.54) is 29.3 Å². The van der Waals surface area contributed by atoms with Gasteiger partial charge in [-0.25, -0.2) is 0 Å². The Labute approximate surface area is 115 Å². The third-order valence-corrected chi connectivity index (χ3v) is 3.74. The van der Waals surface area contributed by atoms with Crippen molar-refractivity contribution in [2.75, 3.05) is 6.54 Å². The van der Waals surface area contributed by atoms with E-state index >= 15 is 0 Å². The quantitative estimate of drug-likeness (QED) is 0.758. The SMILES string of the molecule is CCCNC(CCC)c1ccc(Br)cc1Br. The highest BCUT2D eigenvalue weighted by molar-refractivity contribution is 9.11. The van der Waals surface area contributed by atoms with Crippen molar-refractivity contribution in [1.29, 1.82) is 0 Å². The van der Waals surface area contributed by atoms with Crippen LogP contribution < -0.4 is 5.32 Å². The van der Waals surface area contributed by atoms with E-state index in [1.807, 2.05) is 0 Å². The molecule has 1 rings (SSSR count). The third-order valence-electron chi connectivity index (χ3n) is 2.56. The molecule has 90 valence electrons. The molecule has 0 fully saturated rings. The standard InChI is InChI=1S/C13H19Br2N/c1-3-5-13(16-8-4-2)11-7-6-10(14)9-12(11)15/h6-7,9,13,16H,3-5,8H2,1-2H3. The maximum Gasteiger partial charge on any atom is 0.0331 e. The first-order valence-corrected chi connectivity index (χ1v) is 7.46. The summed E-state index contributed by atoms with van der Waals surface area (Å²) in [6, 6.07) is 6.88. The van der Waals surface area contributed by atoms with Gasteiger partial charge < -0.3 is 5.32 Å². The van der Waals surface area contributed by atoms with E-state index in [9.17, 15) is 0 Å². The first kappa shape index (κ1) is 14.2. The smallest absolute Gasteiger partial charge is 0.0331 e. The molecular weight excluding hydrogens is 330 g/mol. The third kappa shape index (κ3) is 4.19. The predicted octanol–water partition coefficient (Wildman–Crippen LogP) is 5.05. The number of nitrogens with one attached hydrogen (secondary N) is 1. The van der Waals surface area contributed by atoms with Gasteiger partial charge in [-0.2, -0.15) is 0 Å². The summed E-state index contributed by atoms with van der Waals surface area (Å²) in [6.07, 6.45) is 3.55. The Kier molecular flexibility index (Phi) is 6.62. The molecule has 1 aromatic rings. The highest BCUT2D eigenvalue weighted by Gasteiger charge is 2.12. The molecule has 0 radical (unpaired) electrons. The van der Waals surface area contributed by atoms with Crippen LogP contribution in [0.1, 0.15) is 44.7 Å². The largest absolute Gasteiger partial charge is 0.310 e. The summed E-state index contributed by atoms with van der Waals surface area (Å²) in [7, 11) is 0. The van der Waals surface area contributed by atoms with E-state index in [-0.39, 0.29) is 0 Å². The Morgan fingerprint density at radius 3 is 2.50 bits per heavy atom.